The van der Waals surface area contributed by atoms with Crippen LogP contribution in [0.3, 0.4) is 0 Å². The summed E-state index contributed by atoms with van der Waals surface area (Å²) in [5, 5.41) is 2.09. The largest absolute Gasteiger partial charge is 0.418 e. The molecule has 0 unspecified atom stereocenters. The minimum atomic E-state index is -0.790. The fourth-order valence-corrected chi connectivity index (χ4v) is 0.288. The maximum Gasteiger partial charge on any atom is 0.418 e. The Hall–Kier alpha value is -1.32. The fraction of sp³-hybridized carbons (Fsp3) is 0.333. The first-order valence-corrected chi connectivity index (χ1v) is 2.82. The van der Waals surface area contributed by atoms with Crippen LogP contribution < -0.4 is 5.32 Å². The average Bonchev–Trinajstić information content (AvgIpc) is 1.88. The minimum Gasteiger partial charge on any atom is -0.376 e. The van der Waals surface area contributed by atoms with Crippen LogP contribution in [0.15, 0.2) is 12.8 Å². The van der Waals surface area contributed by atoms with E-state index in [9.17, 15) is 9.59 Å². The topological polar surface area (TPSA) is 55.4 Å². The first-order chi connectivity index (χ1) is 4.70. The molecule has 10 heavy (non-hydrogen) atoms. The van der Waals surface area contributed by atoms with Gasteiger partial charge in [0, 0.05) is 6.42 Å². The lowest BCUT2D eigenvalue weighted by Crippen LogP contribution is -2.21. The Morgan fingerprint density at radius 1 is 1.70 bits per heavy atom. The summed E-state index contributed by atoms with van der Waals surface area (Å²) in [7, 11) is 0. The van der Waals surface area contributed by atoms with E-state index in [0.717, 1.165) is 6.20 Å². The standard InChI is InChI=1S/C6H9NO3/c1-3-5(8)10-6(9)7-4-2/h4H,2-3H2,1H3,(H,7,9). The summed E-state index contributed by atoms with van der Waals surface area (Å²) in [5.74, 6) is -0.556. The van der Waals surface area contributed by atoms with Crippen molar-refractivity contribution in [2.45, 2.75) is 13.3 Å². The molecule has 1 amide bonds. The average molecular weight is 143 g/mol. The van der Waals surface area contributed by atoms with Crippen molar-refractivity contribution >= 4 is 12.1 Å². The SMILES string of the molecule is C=CNC(=O)OC(=O)CC. The maximum atomic E-state index is 10.4. The zero-order valence-electron chi connectivity index (χ0n) is 5.72. The highest BCUT2D eigenvalue weighted by molar-refractivity contribution is 5.84. The van der Waals surface area contributed by atoms with Gasteiger partial charge in [0.25, 0.3) is 0 Å². The first-order valence-electron chi connectivity index (χ1n) is 2.82. The highest BCUT2D eigenvalue weighted by atomic mass is 16.6. The Labute approximate surface area is 58.9 Å². The van der Waals surface area contributed by atoms with Crippen molar-refractivity contribution in [2.24, 2.45) is 0 Å². The van der Waals surface area contributed by atoms with E-state index in [1.54, 1.807) is 6.92 Å². The molecule has 0 rings (SSSR count). The molecule has 0 fully saturated rings. The molecule has 1 N–H and O–H groups in total. The summed E-state index contributed by atoms with van der Waals surface area (Å²) in [6, 6.07) is 0. The second-order valence-corrected chi connectivity index (χ2v) is 1.46. The maximum absolute atomic E-state index is 10.4. The lowest BCUT2D eigenvalue weighted by atomic mass is 10.5. The second-order valence-electron chi connectivity index (χ2n) is 1.46. The highest BCUT2D eigenvalue weighted by Crippen LogP contribution is 1.84. The summed E-state index contributed by atoms with van der Waals surface area (Å²) < 4.78 is 4.18. The number of esters is 1. The van der Waals surface area contributed by atoms with Crippen LogP contribution in [-0.2, 0) is 9.53 Å². The fourth-order valence-electron chi connectivity index (χ4n) is 0.288. The monoisotopic (exact) mass is 143 g/mol. The molecule has 0 atom stereocenters. The highest BCUT2D eigenvalue weighted by Gasteiger charge is 2.04. The number of amides is 1. The van der Waals surface area contributed by atoms with Crippen molar-refractivity contribution in [3.05, 3.63) is 12.8 Å². The van der Waals surface area contributed by atoms with Gasteiger partial charge in [0.1, 0.15) is 0 Å². The normalized spacial score (nSPS) is 8.10. The number of rotatable bonds is 2. The van der Waals surface area contributed by atoms with Crippen molar-refractivity contribution in [1.29, 1.82) is 0 Å². The van der Waals surface area contributed by atoms with Crippen LogP contribution in [0.4, 0.5) is 4.79 Å². The molecule has 0 saturated carbocycles. The predicted octanol–water partition coefficient (Wildman–Crippen LogP) is 0.793. The van der Waals surface area contributed by atoms with E-state index in [1.165, 1.54) is 0 Å². The zero-order chi connectivity index (χ0) is 7.98. The number of nitrogens with one attached hydrogen (secondary N) is 1. The molecule has 4 heteroatoms. The van der Waals surface area contributed by atoms with Gasteiger partial charge in [0.05, 0.1) is 0 Å². The molecule has 0 bridgehead atoms. The van der Waals surface area contributed by atoms with Gasteiger partial charge in [-0.1, -0.05) is 13.5 Å². The summed E-state index contributed by atoms with van der Waals surface area (Å²) in [6.07, 6.45) is 0.539. The summed E-state index contributed by atoms with van der Waals surface area (Å²) in [6.45, 7) is 4.81. The van der Waals surface area contributed by atoms with E-state index < -0.39 is 12.1 Å². The van der Waals surface area contributed by atoms with Crippen LogP contribution in [0, 0.1) is 0 Å². The molecule has 0 aromatic carbocycles. The molecule has 0 aliphatic heterocycles. The van der Waals surface area contributed by atoms with Crippen molar-refractivity contribution < 1.29 is 14.3 Å². The van der Waals surface area contributed by atoms with Gasteiger partial charge in [0.2, 0.25) is 0 Å². The van der Waals surface area contributed by atoms with Crippen LogP contribution >= 0.6 is 0 Å². The molecular weight excluding hydrogens is 134 g/mol. The molecule has 0 radical (unpaired) electrons. The van der Waals surface area contributed by atoms with Gasteiger partial charge in [0.15, 0.2) is 0 Å². The van der Waals surface area contributed by atoms with E-state index in [-0.39, 0.29) is 6.42 Å². The van der Waals surface area contributed by atoms with E-state index in [1.807, 2.05) is 0 Å². The van der Waals surface area contributed by atoms with Crippen LogP contribution in [0.2, 0.25) is 0 Å². The molecule has 0 saturated heterocycles. The number of hydrogen-bond donors (Lipinski definition) is 1. The molecular formula is C6H9NO3. The van der Waals surface area contributed by atoms with Crippen molar-refractivity contribution in [3.63, 3.8) is 0 Å². The molecule has 0 heterocycles. The Kier molecular flexibility index (Phi) is 3.95. The smallest absolute Gasteiger partial charge is 0.376 e. The Morgan fingerprint density at radius 2 is 2.30 bits per heavy atom. The summed E-state index contributed by atoms with van der Waals surface area (Å²) >= 11 is 0. The summed E-state index contributed by atoms with van der Waals surface area (Å²) in [4.78, 5) is 20.8. The van der Waals surface area contributed by atoms with Crippen LogP contribution in [-0.4, -0.2) is 12.1 Å². The Bertz CT molecular complexity index is 153. The molecule has 0 aliphatic rings. The van der Waals surface area contributed by atoms with E-state index in [4.69, 9.17) is 0 Å². The van der Waals surface area contributed by atoms with Gasteiger partial charge in [-0.15, -0.1) is 0 Å². The quantitative estimate of drug-likeness (QED) is 0.459. The van der Waals surface area contributed by atoms with Crippen molar-refractivity contribution in [1.82, 2.24) is 5.32 Å². The third-order valence-corrected chi connectivity index (χ3v) is 0.715. The second kappa shape index (κ2) is 4.55. The first kappa shape index (κ1) is 8.68. The zero-order valence-corrected chi connectivity index (χ0v) is 5.72. The number of hydrogen-bond acceptors (Lipinski definition) is 3. The molecule has 0 aromatic rings. The Morgan fingerprint density at radius 3 is 2.70 bits per heavy atom. The van der Waals surface area contributed by atoms with Gasteiger partial charge in [-0.05, 0) is 6.20 Å². The van der Waals surface area contributed by atoms with Gasteiger partial charge in [-0.2, -0.15) is 0 Å². The van der Waals surface area contributed by atoms with Crippen LogP contribution in [0.1, 0.15) is 13.3 Å². The third-order valence-electron chi connectivity index (χ3n) is 0.715. The summed E-state index contributed by atoms with van der Waals surface area (Å²) in [5.41, 5.74) is 0. The van der Waals surface area contributed by atoms with Crippen molar-refractivity contribution in [3.8, 4) is 0 Å². The number of ether oxygens (including phenoxy) is 1. The van der Waals surface area contributed by atoms with Gasteiger partial charge in [-0.3, -0.25) is 10.1 Å². The molecule has 0 spiro atoms. The van der Waals surface area contributed by atoms with Gasteiger partial charge < -0.3 is 4.74 Å². The molecule has 0 aromatic heterocycles. The van der Waals surface area contributed by atoms with E-state index in [0.29, 0.717) is 0 Å². The molecule has 56 valence electrons. The number of carbonyl (C=O) groups is 2. The van der Waals surface area contributed by atoms with Crippen LogP contribution in [0.5, 0.6) is 0 Å². The lowest BCUT2D eigenvalue weighted by molar-refractivity contribution is -0.136. The molecule has 4 nitrogen and oxygen atoms in total. The number of alkyl carbamates (subject to hydrolysis) is 1. The van der Waals surface area contributed by atoms with E-state index in [2.05, 4.69) is 16.6 Å². The predicted molar refractivity (Wildman–Crippen MR) is 35.1 cm³/mol. The van der Waals surface area contributed by atoms with Crippen molar-refractivity contribution in [2.75, 3.05) is 0 Å². The van der Waals surface area contributed by atoms with Gasteiger partial charge in [-0.25, -0.2) is 4.79 Å². The van der Waals surface area contributed by atoms with Crippen LogP contribution in [0.25, 0.3) is 0 Å². The number of carbonyl (C=O) groups excluding carboxylic acids is 2. The molecule has 0 aliphatic carbocycles. The van der Waals surface area contributed by atoms with E-state index >= 15 is 0 Å². The third kappa shape index (κ3) is 3.65. The lowest BCUT2D eigenvalue weighted by Gasteiger charge is -1.97. The van der Waals surface area contributed by atoms with Gasteiger partial charge >= 0.3 is 12.1 Å². The Balaban J connectivity index is 3.57. The minimum absolute atomic E-state index is 0.185.